The third-order valence-corrected chi connectivity index (χ3v) is 5.07. The predicted octanol–water partition coefficient (Wildman–Crippen LogP) is 4.08. The lowest BCUT2D eigenvalue weighted by Crippen LogP contribution is -2.24. The Labute approximate surface area is 132 Å². The number of aryl methyl sites for hydroxylation is 1. The second kappa shape index (κ2) is 5.13. The van der Waals surface area contributed by atoms with Crippen LogP contribution in [0.5, 0.6) is 0 Å². The van der Waals surface area contributed by atoms with Crippen LogP contribution in [0.2, 0.25) is 5.15 Å². The highest BCUT2D eigenvalue weighted by atomic mass is 35.5. The van der Waals surface area contributed by atoms with Gasteiger partial charge < -0.3 is 9.88 Å². The highest BCUT2D eigenvalue weighted by molar-refractivity contribution is 7.08. The van der Waals surface area contributed by atoms with Crippen molar-refractivity contribution in [3.63, 3.8) is 0 Å². The van der Waals surface area contributed by atoms with Crippen molar-refractivity contribution in [2.24, 2.45) is 0 Å². The number of hydrogen-bond acceptors (Lipinski definition) is 3. The number of hydrogen-bond donors (Lipinski definition) is 1. The molecule has 0 saturated heterocycles. The molecule has 5 heteroatoms. The summed E-state index contributed by atoms with van der Waals surface area (Å²) in [4.78, 5) is 4.63. The molecule has 1 aliphatic heterocycles. The van der Waals surface area contributed by atoms with Crippen LogP contribution in [-0.4, -0.2) is 16.1 Å². The average Bonchev–Trinajstić information content (AvgIpc) is 3.12. The Hall–Kier alpha value is -1.36. The molecule has 108 valence electrons. The van der Waals surface area contributed by atoms with Crippen LogP contribution < -0.4 is 5.32 Å². The molecule has 0 atom stereocenters. The fraction of sp³-hybridized carbons (Fsp3) is 0.312. The van der Waals surface area contributed by atoms with Crippen molar-refractivity contribution in [2.75, 3.05) is 6.54 Å². The van der Waals surface area contributed by atoms with E-state index in [1.165, 1.54) is 27.8 Å². The van der Waals surface area contributed by atoms with Crippen molar-refractivity contribution in [2.45, 2.75) is 26.4 Å². The van der Waals surface area contributed by atoms with Crippen molar-refractivity contribution >= 4 is 34.0 Å². The molecule has 4 heterocycles. The SMILES string of the molecule is CCn1c2c(c3c(-c4ccsc4)cc(Cl)nc31)CNCC2. The molecule has 0 amide bonds. The normalized spacial score (nSPS) is 14.6. The number of pyridine rings is 1. The lowest BCUT2D eigenvalue weighted by Gasteiger charge is -2.16. The van der Waals surface area contributed by atoms with E-state index < -0.39 is 0 Å². The van der Waals surface area contributed by atoms with Gasteiger partial charge in [-0.25, -0.2) is 4.98 Å². The predicted molar refractivity (Wildman–Crippen MR) is 89.1 cm³/mol. The zero-order valence-electron chi connectivity index (χ0n) is 11.8. The van der Waals surface area contributed by atoms with E-state index >= 15 is 0 Å². The Morgan fingerprint density at radius 3 is 3.14 bits per heavy atom. The van der Waals surface area contributed by atoms with Crippen LogP contribution in [0.4, 0.5) is 0 Å². The molecular formula is C16H16ClN3S. The molecule has 3 aromatic rings. The Kier molecular flexibility index (Phi) is 3.25. The summed E-state index contributed by atoms with van der Waals surface area (Å²) < 4.78 is 2.33. The Bertz CT molecular complexity index is 805. The van der Waals surface area contributed by atoms with Gasteiger partial charge in [0.2, 0.25) is 0 Å². The molecule has 0 unspecified atom stereocenters. The van der Waals surface area contributed by atoms with Crippen molar-refractivity contribution in [1.82, 2.24) is 14.9 Å². The molecule has 1 aliphatic rings. The van der Waals surface area contributed by atoms with Crippen LogP contribution in [0.3, 0.4) is 0 Å². The summed E-state index contributed by atoms with van der Waals surface area (Å²) in [5.74, 6) is 0. The van der Waals surface area contributed by atoms with Crippen LogP contribution in [-0.2, 0) is 19.5 Å². The van der Waals surface area contributed by atoms with E-state index in [1.54, 1.807) is 11.3 Å². The third-order valence-electron chi connectivity index (χ3n) is 4.19. The standard InChI is InChI=1S/C16H16ClN3S/c1-2-20-13-3-5-18-8-12(13)15-11(10-4-6-21-9-10)7-14(17)19-16(15)20/h4,6-7,9,18H,2-3,5,8H2,1H3. The second-order valence-electron chi connectivity index (χ2n) is 5.30. The van der Waals surface area contributed by atoms with E-state index in [1.807, 2.05) is 6.07 Å². The summed E-state index contributed by atoms with van der Waals surface area (Å²) in [6, 6.07) is 4.16. The molecule has 1 N–H and O–H groups in total. The first-order chi connectivity index (χ1) is 10.3. The van der Waals surface area contributed by atoms with Crippen molar-refractivity contribution in [1.29, 1.82) is 0 Å². The summed E-state index contributed by atoms with van der Waals surface area (Å²) in [5, 5.41) is 9.61. The van der Waals surface area contributed by atoms with E-state index in [0.29, 0.717) is 5.15 Å². The molecular weight excluding hydrogens is 302 g/mol. The summed E-state index contributed by atoms with van der Waals surface area (Å²) in [6.45, 7) is 5.06. The summed E-state index contributed by atoms with van der Waals surface area (Å²) in [5.41, 5.74) is 6.27. The molecule has 4 rings (SSSR count). The van der Waals surface area contributed by atoms with Crippen LogP contribution >= 0.6 is 22.9 Å². The maximum Gasteiger partial charge on any atom is 0.142 e. The average molecular weight is 318 g/mol. The largest absolute Gasteiger partial charge is 0.329 e. The van der Waals surface area contributed by atoms with Crippen LogP contribution in [0.1, 0.15) is 18.2 Å². The first kappa shape index (κ1) is 13.3. The van der Waals surface area contributed by atoms with E-state index in [-0.39, 0.29) is 0 Å². The fourth-order valence-electron chi connectivity index (χ4n) is 3.31. The number of thiophene rings is 1. The first-order valence-electron chi connectivity index (χ1n) is 7.23. The number of nitrogens with zero attached hydrogens (tertiary/aromatic N) is 2. The molecule has 0 fully saturated rings. The maximum atomic E-state index is 6.30. The maximum absolute atomic E-state index is 6.30. The van der Waals surface area contributed by atoms with Crippen LogP contribution in [0.25, 0.3) is 22.2 Å². The van der Waals surface area contributed by atoms with Gasteiger partial charge in [-0.2, -0.15) is 11.3 Å². The highest BCUT2D eigenvalue weighted by Crippen LogP contribution is 2.37. The molecule has 0 radical (unpaired) electrons. The minimum Gasteiger partial charge on any atom is -0.329 e. The van der Waals surface area contributed by atoms with E-state index in [4.69, 9.17) is 11.6 Å². The van der Waals surface area contributed by atoms with Gasteiger partial charge in [0.15, 0.2) is 0 Å². The van der Waals surface area contributed by atoms with Gasteiger partial charge in [0.1, 0.15) is 10.8 Å². The zero-order valence-corrected chi connectivity index (χ0v) is 13.4. The number of nitrogens with one attached hydrogen (secondary N) is 1. The monoisotopic (exact) mass is 317 g/mol. The minimum absolute atomic E-state index is 0.571. The van der Waals surface area contributed by atoms with Gasteiger partial charge in [-0.3, -0.25) is 0 Å². The summed E-state index contributed by atoms with van der Waals surface area (Å²) in [7, 11) is 0. The van der Waals surface area contributed by atoms with Crippen LogP contribution in [0, 0.1) is 0 Å². The van der Waals surface area contributed by atoms with Crippen molar-refractivity contribution < 1.29 is 0 Å². The van der Waals surface area contributed by atoms with Gasteiger partial charge in [-0.05, 0) is 46.5 Å². The van der Waals surface area contributed by atoms with E-state index in [2.05, 4.69) is 38.6 Å². The summed E-state index contributed by atoms with van der Waals surface area (Å²) >= 11 is 8.01. The third kappa shape index (κ3) is 2.01. The molecule has 0 bridgehead atoms. The van der Waals surface area contributed by atoms with Gasteiger partial charge in [0, 0.05) is 37.1 Å². The second-order valence-corrected chi connectivity index (χ2v) is 6.47. The lowest BCUT2D eigenvalue weighted by atomic mass is 10.0. The highest BCUT2D eigenvalue weighted by Gasteiger charge is 2.23. The molecule has 3 nitrogen and oxygen atoms in total. The van der Waals surface area contributed by atoms with Crippen LogP contribution in [0.15, 0.2) is 22.9 Å². The quantitative estimate of drug-likeness (QED) is 0.722. The molecule has 0 aromatic carbocycles. The zero-order chi connectivity index (χ0) is 14.4. The molecule has 0 aliphatic carbocycles. The van der Waals surface area contributed by atoms with Gasteiger partial charge in [0.25, 0.3) is 0 Å². The van der Waals surface area contributed by atoms with Gasteiger partial charge >= 0.3 is 0 Å². The van der Waals surface area contributed by atoms with Crippen molar-refractivity contribution in [3.8, 4) is 11.1 Å². The number of aromatic nitrogens is 2. The topological polar surface area (TPSA) is 29.9 Å². The van der Waals surface area contributed by atoms with E-state index in [9.17, 15) is 0 Å². The van der Waals surface area contributed by atoms with E-state index in [0.717, 1.165) is 31.7 Å². The molecule has 0 saturated carbocycles. The van der Waals surface area contributed by atoms with Gasteiger partial charge in [-0.1, -0.05) is 11.6 Å². The molecule has 3 aromatic heterocycles. The fourth-order valence-corrected chi connectivity index (χ4v) is 4.16. The lowest BCUT2D eigenvalue weighted by molar-refractivity contribution is 0.605. The molecule has 0 spiro atoms. The Morgan fingerprint density at radius 1 is 1.48 bits per heavy atom. The smallest absolute Gasteiger partial charge is 0.142 e. The summed E-state index contributed by atoms with van der Waals surface area (Å²) in [6.07, 6.45) is 1.06. The minimum atomic E-state index is 0.571. The number of halogens is 1. The van der Waals surface area contributed by atoms with Gasteiger partial charge in [-0.15, -0.1) is 0 Å². The Balaban J connectivity index is 2.13. The first-order valence-corrected chi connectivity index (χ1v) is 8.55. The number of rotatable bonds is 2. The van der Waals surface area contributed by atoms with Gasteiger partial charge in [0.05, 0.1) is 0 Å². The molecule has 21 heavy (non-hydrogen) atoms. The Morgan fingerprint density at radius 2 is 2.38 bits per heavy atom. The number of fused-ring (bicyclic) bond motifs is 3. The van der Waals surface area contributed by atoms with Crippen molar-refractivity contribution in [3.05, 3.63) is 39.3 Å².